The normalized spacial score (nSPS) is 49.4. The third-order valence-corrected chi connectivity index (χ3v) is 3.65. The van der Waals surface area contributed by atoms with Crippen LogP contribution in [-0.4, -0.2) is 30.6 Å². The third-order valence-electron chi connectivity index (χ3n) is 3.65. The molecule has 64 valence electrons. The van der Waals surface area contributed by atoms with Crippen LogP contribution in [0.4, 0.5) is 0 Å². The summed E-state index contributed by atoms with van der Waals surface area (Å²) < 4.78 is 0. The first-order valence-electron chi connectivity index (χ1n) is 4.73. The van der Waals surface area contributed by atoms with Crippen molar-refractivity contribution in [2.45, 2.75) is 19.9 Å². The van der Waals surface area contributed by atoms with Gasteiger partial charge in [0.15, 0.2) is 0 Å². The monoisotopic (exact) mass is 154 g/mol. The average Bonchev–Trinajstić information content (AvgIpc) is 2.63. The highest BCUT2D eigenvalue weighted by Crippen LogP contribution is 2.54. The molecule has 0 amide bonds. The first-order chi connectivity index (χ1) is 5.29. The van der Waals surface area contributed by atoms with Gasteiger partial charge in [0.1, 0.15) is 0 Å². The molecule has 0 aromatic heterocycles. The summed E-state index contributed by atoms with van der Waals surface area (Å²) in [5.41, 5.74) is 5.65. The Hall–Kier alpha value is -0.0800. The van der Waals surface area contributed by atoms with E-state index in [1.807, 2.05) is 0 Å². The number of hydrogen-bond acceptors (Lipinski definition) is 2. The lowest BCUT2D eigenvalue weighted by molar-refractivity contribution is 0.229. The predicted octanol–water partition coefficient (Wildman–Crippen LogP) is 0.531. The van der Waals surface area contributed by atoms with Crippen molar-refractivity contribution in [3.63, 3.8) is 0 Å². The van der Waals surface area contributed by atoms with Crippen LogP contribution in [0, 0.1) is 17.8 Å². The van der Waals surface area contributed by atoms with E-state index in [4.69, 9.17) is 5.73 Å². The van der Waals surface area contributed by atoms with Gasteiger partial charge in [-0.2, -0.15) is 0 Å². The topological polar surface area (TPSA) is 29.3 Å². The second kappa shape index (κ2) is 2.46. The van der Waals surface area contributed by atoms with Gasteiger partial charge in [-0.3, -0.25) is 0 Å². The van der Waals surface area contributed by atoms with E-state index in [0.717, 1.165) is 30.3 Å². The van der Waals surface area contributed by atoms with Gasteiger partial charge in [0.25, 0.3) is 0 Å². The standard InChI is InChI=1S/C9H18N2/c1-3-11-5-8-7(4-10)9(8)6(11)2/h6-9H,3-5,10H2,1-2H3/t6-,7+,8+,9-/m1/s1. The summed E-state index contributed by atoms with van der Waals surface area (Å²) in [4.78, 5) is 2.57. The highest BCUT2D eigenvalue weighted by molar-refractivity contribution is 5.09. The van der Waals surface area contributed by atoms with Crippen molar-refractivity contribution >= 4 is 0 Å². The summed E-state index contributed by atoms with van der Waals surface area (Å²) in [5.74, 6) is 2.77. The number of fused-ring (bicyclic) bond motifs is 1. The number of nitrogens with two attached hydrogens (primary N) is 1. The van der Waals surface area contributed by atoms with Gasteiger partial charge in [-0.1, -0.05) is 6.92 Å². The van der Waals surface area contributed by atoms with Crippen LogP contribution in [0.25, 0.3) is 0 Å². The second-order valence-corrected chi connectivity index (χ2v) is 3.97. The SMILES string of the molecule is CCN1C[C@H]2[C@H](CN)[C@H]2[C@H]1C. The van der Waals surface area contributed by atoms with Crippen molar-refractivity contribution < 1.29 is 0 Å². The maximum absolute atomic E-state index is 5.65. The molecular weight excluding hydrogens is 136 g/mol. The Balaban J connectivity index is 1.95. The summed E-state index contributed by atoms with van der Waals surface area (Å²) in [7, 11) is 0. The van der Waals surface area contributed by atoms with E-state index in [-0.39, 0.29) is 0 Å². The van der Waals surface area contributed by atoms with E-state index in [2.05, 4.69) is 18.7 Å². The van der Waals surface area contributed by atoms with Crippen molar-refractivity contribution in [3.05, 3.63) is 0 Å². The van der Waals surface area contributed by atoms with Crippen LogP contribution >= 0.6 is 0 Å². The lowest BCUT2D eigenvalue weighted by atomic mass is 10.1. The molecular formula is C9H18N2. The fraction of sp³-hybridized carbons (Fsp3) is 1.00. The molecule has 1 saturated heterocycles. The first-order valence-corrected chi connectivity index (χ1v) is 4.73. The van der Waals surface area contributed by atoms with E-state index >= 15 is 0 Å². The molecule has 0 bridgehead atoms. The van der Waals surface area contributed by atoms with Crippen molar-refractivity contribution in [1.29, 1.82) is 0 Å². The fourth-order valence-corrected chi connectivity index (χ4v) is 2.88. The van der Waals surface area contributed by atoms with Crippen LogP contribution in [0.1, 0.15) is 13.8 Å². The molecule has 2 aliphatic rings. The van der Waals surface area contributed by atoms with Crippen LogP contribution < -0.4 is 5.73 Å². The van der Waals surface area contributed by atoms with E-state index < -0.39 is 0 Å². The summed E-state index contributed by atoms with van der Waals surface area (Å²) in [6.45, 7) is 8.04. The molecule has 1 aliphatic carbocycles. The number of piperidine rings is 1. The van der Waals surface area contributed by atoms with E-state index in [9.17, 15) is 0 Å². The average molecular weight is 154 g/mol. The molecule has 0 aromatic rings. The zero-order valence-electron chi connectivity index (χ0n) is 7.46. The van der Waals surface area contributed by atoms with E-state index in [0.29, 0.717) is 0 Å². The van der Waals surface area contributed by atoms with Crippen molar-refractivity contribution in [1.82, 2.24) is 4.90 Å². The highest BCUT2D eigenvalue weighted by atomic mass is 15.2. The van der Waals surface area contributed by atoms with Crippen molar-refractivity contribution in [2.75, 3.05) is 19.6 Å². The Kier molecular flexibility index (Phi) is 1.69. The number of nitrogens with zero attached hydrogens (tertiary/aromatic N) is 1. The van der Waals surface area contributed by atoms with Crippen LogP contribution in [0.15, 0.2) is 0 Å². The van der Waals surface area contributed by atoms with Gasteiger partial charge in [0.05, 0.1) is 0 Å². The zero-order chi connectivity index (χ0) is 8.01. The Morgan fingerprint density at radius 1 is 1.55 bits per heavy atom. The molecule has 1 heterocycles. The molecule has 1 saturated carbocycles. The first kappa shape index (κ1) is 7.56. The predicted molar refractivity (Wildman–Crippen MR) is 46.2 cm³/mol. The summed E-state index contributed by atoms with van der Waals surface area (Å²) in [5, 5.41) is 0. The molecule has 2 heteroatoms. The Morgan fingerprint density at radius 2 is 2.27 bits per heavy atom. The highest BCUT2D eigenvalue weighted by Gasteiger charge is 2.57. The van der Waals surface area contributed by atoms with Crippen LogP contribution in [0.2, 0.25) is 0 Å². The lowest BCUT2D eigenvalue weighted by Gasteiger charge is -2.23. The Labute approximate surface area is 68.7 Å². The maximum atomic E-state index is 5.65. The lowest BCUT2D eigenvalue weighted by Crippen LogP contribution is -2.33. The molecule has 11 heavy (non-hydrogen) atoms. The molecule has 1 aliphatic heterocycles. The number of likely N-dealkylation sites (tertiary alicyclic amines) is 1. The minimum absolute atomic E-state index is 0.804. The quantitative estimate of drug-likeness (QED) is 0.628. The van der Waals surface area contributed by atoms with Crippen LogP contribution in [0.5, 0.6) is 0 Å². The van der Waals surface area contributed by atoms with Crippen LogP contribution in [-0.2, 0) is 0 Å². The smallest absolute Gasteiger partial charge is 0.0102 e. The third kappa shape index (κ3) is 0.926. The molecule has 0 unspecified atom stereocenters. The van der Waals surface area contributed by atoms with Gasteiger partial charge in [-0.25, -0.2) is 0 Å². The fourth-order valence-electron chi connectivity index (χ4n) is 2.88. The van der Waals surface area contributed by atoms with Crippen molar-refractivity contribution in [3.8, 4) is 0 Å². The minimum atomic E-state index is 0.804. The van der Waals surface area contributed by atoms with Gasteiger partial charge in [0.2, 0.25) is 0 Å². The van der Waals surface area contributed by atoms with Crippen LogP contribution in [0.3, 0.4) is 0 Å². The molecule has 2 rings (SSSR count). The summed E-state index contributed by atoms with van der Waals surface area (Å²) in [6, 6.07) is 0.804. The molecule has 2 fully saturated rings. The van der Waals surface area contributed by atoms with Gasteiger partial charge in [0, 0.05) is 12.6 Å². The largest absolute Gasteiger partial charge is 0.330 e. The molecule has 0 aromatic carbocycles. The Morgan fingerprint density at radius 3 is 2.64 bits per heavy atom. The summed E-state index contributed by atoms with van der Waals surface area (Å²) in [6.07, 6.45) is 0. The van der Waals surface area contributed by atoms with Gasteiger partial charge in [-0.15, -0.1) is 0 Å². The van der Waals surface area contributed by atoms with E-state index in [1.54, 1.807) is 0 Å². The number of rotatable bonds is 2. The second-order valence-electron chi connectivity index (χ2n) is 3.97. The van der Waals surface area contributed by atoms with Gasteiger partial charge >= 0.3 is 0 Å². The maximum Gasteiger partial charge on any atom is 0.0102 e. The molecule has 0 spiro atoms. The summed E-state index contributed by atoms with van der Waals surface area (Å²) >= 11 is 0. The Bertz CT molecular complexity index is 158. The molecule has 2 N–H and O–H groups in total. The number of hydrogen-bond donors (Lipinski definition) is 1. The molecule has 0 radical (unpaired) electrons. The minimum Gasteiger partial charge on any atom is -0.330 e. The zero-order valence-corrected chi connectivity index (χ0v) is 7.46. The van der Waals surface area contributed by atoms with Gasteiger partial charge in [-0.05, 0) is 37.8 Å². The van der Waals surface area contributed by atoms with E-state index in [1.165, 1.54) is 13.1 Å². The van der Waals surface area contributed by atoms with Gasteiger partial charge < -0.3 is 10.6 Å². The molecule has 4 atom stereocenters. The van der Waals surface area contributed by atoms with Crippen molar-refractivity contribution in [2.24, 2.45) is 23.5 Å². The molecule has 2 nitrogen and oxygen atoms in total.